The number of methoxy groups -OCH3 is 1. The van der Waals surface area contributed by atoms with Gasteiger partial charge in [-0.25, -0.2) is 8.42 Å². The van der Waals surface area contributed by atoms with Crippen LogP contribution in [0.5, 0.6) is 5.75 Å². The highest BCUT2D eigenvalue weighted by Gasteiger charge is 2.29. The fourth-order valence-electron chi connectivity index (χ4n) is 3.09. The Labute approximate surface area is 175 Å². The minimum Gasteiger partial charge on any atom is -0.495 e. The Kier molecular flexibility index (Phi) is 6.81. The van der Waals surface area contributed by atoms with E-state index in [1.807, 2.05) is 60.7 Å². The molecule has 0 N–H and O–H groups in total. The minimum atomic E-state index is -3.97. The van der Waals surface area contributed by atoms with Gasteiger partial charge >= 0.3 is 0 Å². The van der Waals surface area contributed by atoms with Crippen molar-refractivity contribution in [3.05, 3.63) is 100 Å². The van der Waals surface area contributed by atoms with Crippen LogP contribution in [0.4, 0.5) is 5.69 Å². The van der Waals surface area contributed by atoms with Crippen LogP contribution in [0.25, 0.3) is 0 Å². The summed E-state index contributed by atoms with van der Waals surface area (Å²) in [7, 11) is -2.67. The third-order valence-electron chi connectivity index (χ3n) is 4.67. The molecule has 0 radical (unpaired) electrons. The first kappa shape index (κ1) is 21.5. The van der Waals surface area contributed by atoms with Crippen molar-refractivity contribution in [2.45, 2.75) is 17.9 Å². The molecule has 30 heavy (non-hydrogen) atoms. The molecule has 156 valence electrons. The van der Waals surface area contributed by atoms with Crippen LogP contribution in [0.1, 0.15) is 11.1 Å². The van der Waals surface area contributed by atoms with Crippen LogP contribution in [0, 0.1) is 10.1 Å². The fraction of sp³-hybridized carbons (Fsp3) is 0.182. The molecule has 0 saturated heterocycles. The molecule has 0 atom stereocenters. The lowest BCUT2D eigenvalue weighted by molar-refractivity contribution is -0.385. The molecule has 7 nitrogen and oxygen atoms in total. The Morgan fingerprint density at radius 2 is 1.53 bits per heavy atom. The second-order valence-electron chi connectivity index (χ2n) is 6.65. The Balaban J connectivity index is 1.97. The van der Waals surface area contributed by atoms with Gasteiger partial charge in [-0.3, -0.25) is 10.1 Å². The Bertz CT molecular complexity index is 1100. The van der Waals surface area contributed by atoms with E-state index in [2.05, 4.69) is 0 Å². The number of hydrogen-bond acceptors (Lipinski definition) is 5. The molecule has 3 aromatic carbocycles. The van der Waals surface area contributed by atoms with Gasteiger partial charge in [-0.05, 0) is 23.6 Å². The number of hydrogen-bond donors (Lipinski definition) is 0. The first-order valence-electron chi connectivity index (χ1n) is 9.32. The van der Waals surface area contributed by atoms with Gasteiger partial charge in [-0.2, -0.15) is 4.31 Å². The van der Waals surface area contributed by atoms with Crippen LogP contribution in [-0.2, 0) is 23.0 Å². The average Bonchev–Trinajstić information content (AvgIpc) is 2.77. The molecular formula is C22H22N2O5S. The molecule has 0 aliphatic rings. The van der Waals surface area contributed by atoms with Crippen molar-refractivity contribution in [3.8, 4) is 5.75 Å². The van der Waals surface area contributed by atoms with Crippen LogP contribution in [0.3, 0.4) is 0 Å². The molecule has 0 saturated carbocycles. The third-order valence-corrected chi connectivity index (χ3v) is 6.55. The van der Waals surface area contributed by atoms with Crippen molar-refractivity contribution in [3.63, 3.8) is 0 Å². The zero-order valence-corrected chi connectivity index (χ0v) is 17.3. The molecule has 3 rings (SSSR count). The monoisotopic (exact) mass is 426 g/mol. The third kappa shape index (κ3) is 5.03. The maximum absolute atomic E-state index is 13.5. The van der Waals surface area contributed by atoms with E-state index in [4.69, 9.17) is 4.74 Å². The fourth-order valence-corrected chi connectivity index (χ4v) is 4.66. The number of benzene rings is 3. The van der Waals surface area contributed by atoms with Gasteiger partial charge in [0.25, 0.3) is 5.69 Å². The lowest BCUT2D eigenvalue weighted by atomic mass is 10.1. The number of rotatable bonds is 9. The molecule has 0 amide bonds. The topological polar surface area (TPSA) is 89.7 Å². The molecule has 0 unspecified atom stereocenters. The number of nitro benzene ring substituents is 1. The second-order valence-corrected chi connectivity index (χ2v) is 8.56. The van der Waals surface area contributed by atoms with Gasteiger partial charge < -0.3 is 4.74 Å². The summed E-state index contributed by atoms with van der Waals surface area (Å²) in [6.07, 6.45) is 0.530. The second kappa shape index (κ2) is 9.51. The number of sulfonamides is 1. The van der Waals surface area contributed by atoms with E-state index in [0.717, 1.165) is 17.2 Å². The van der Waals surface area contributed by atoms with E-state index in [0.29, 0.717) is 6.42 Å². The lowest BCUT2D eigenvalue weighted by Crippen LogP contribution is -2.33. The van der Waals surface area contributed by atoms with Gasteiger partial charge in [0.15, 0.2) is 0 Å². The van der Waals surface area contributed by atoms with E-state index in [-0.39, 0.29) is 29.4 Å². The SMILES string of the molecule is COc1cc([N+](=O)[O-])ccc1S(=O)(=O)N(CCc1ccccc1)Cc1ccccc1. The summed E-state index contributed by atoms with van der Waals surface area (Å²) in [5.41, 5.74) is 1.63. The van der Waals surface area contributed by atoms with Crippen LogP contribution < -0.4 is 4.74 Å². The lowest BCUT2D eigenvalue weighted by Gasteiger charge is -2.23. The van der Waals surface area contributed by atoms with Gasteiger partial charge in [0.2, 0.25) is 10.0 Å². The average molecular weight is 426 g/mol. The Morgan fingerprint density at radius 1 is 0.933 bits per heavy atom. The summed E-state index contributed by atoms with van der Waals surface area (Å²) >= 11 is 0. The van der Waals surface area contributed by atoms with Crippen LogP contribution in [0.15, 0.2) is 83.8 Å². The highest BCUT2D eigenvalue weighted by atomic mass is 32.2. The molecule has 0 bridgehead atoms. The van der Waals surface area contributed by atoms with E-state index in [9.17, 15) is 18.5 Å². The van der Waals surface area contributed by atoms with Crippen molar-refractivity contribution >= 4 is 15.7 Å². The van der Waals surface area contributed by atoms with Crippen molar-refractivity contribution in [1.82, 2.24) is 4.31 Å². The maximum Gasteiger partial charge on any atom is 0.273 e. The van der Waals surface area contributed by atoms with Crippen molar-refractivity contribution < 1.29 is 18.1 Å². The molecule has 3 aromatic rings. The molecule has 0 aromatic heterocycles. The molecule has 8 heteroatoms. The Hall–Kier alpha value is -3.23. The van der Waals surface area contributed by atoms with Crippen LogP contribution in [0.2, 0.25) is 0 Å². The Morgan fingerprint density at radius 3 is 2.10 bits per heavy atom. The first-order chi connectivity index (χ1) is 14.4. The van der Waals surface area contributed by atoms with E-state index in [1.165, 1.54) is 23.5 Å². The number of nitrogens with zero attached hydrogens (tertiary/aromatic N) is 2. The van der Waals surface area contributed by atoms with E-state index < -0.39 is 14.9 Å². The summed E-state index contributed by atoms with van der Waals surface area (Å²) in [4.78, 5) is 10.4. The standard InChI is InChI=1S/C22H22N2O5S/c1-29-21-16-20(24(25)26)12-13-22(21)30(27,28)23(17-19-10-6-3-7-11-19)15-14-18-8-4-2-5-9-18/h2-13,16H,14-15,17H2,1H3. The summed E-state index contributed by atoms with van der Waals surface area (Å²) in [6, 6.07) is 22.4. The predicted molar refractivity (Wildman–Crippen MR) is 114 cm³/mol. The van der Waals surface area contributed by atoms with Gasteiger partial charge in [0, 0.05) is 19.2 Å². The summed E-state index contributed by atoms with van der Waals surface area (Å²) in [5.74, 6) is -0.0537. The molecular weight excluding hydrogens is 404 g/mol. The highest BCUT2D eigenvalue weighted by Crippen LogP contribution is 2.31. The summed E-state index contributed by atoms with van der Waals surface area (Å²) in [5, 5.41) is 11.1. The van der Waals surface area contributed by atoms with E-state index in [1.54, 1.807) is 0 Å². The first-order valence-corrected chi connectivity index (χ1v) is 10.8. The minimum absolute atomic E-state index is 0.0537. The smallest absolute Gasteiger partial charge is 0.273 e. The normalized spacial score (nSPS) is 11.4. The molecule has 0 heterocycles. The van der Waals surface area contributed by atoms with Gasteiger partial charge in [0.05, 0.1) is 18.1 Å². The van der Waals surface area contributed by atoms with Gasteiger partial charge in [-0.1, -0.05) is 60.7 Å². The largest absolute Gasteiger partial charge is 0.495 e. The zero-order valence-electron chi connectivity index (χ0n) is 16.5. The van der Waals surface area contributed by atoms with Crippen LogP contribution in [-0.4, -0.2) is 31.3 Å². The summed E-state index contributed by atoms with van der Waals surface area (Å²) in [6.45, 7) is 0.428. The van der Waals surface area contributed by atoms with Crippen molar-refractivity contribution in [2.24, 2.45) is 0 Å². The van der Waals surface area contributed by atoms with Crippen molar-refractivity contribution in [1.29, 1.82) is 0 Å². The maximum atomic E-state index is 13.5. The number of non-ortho nitro benzene ring substituents is 1. The van der Waals surface area contributed by atoms with E-state index >= 15 is 0 Å². The molecule has 0 spiro atoms. The summed E-state index contributed by atoms with van der Waals surface area (Å²) < 4.78 is 33.5. The molecule has 0 fully saturated rings. The zero-order chi connectivity index (χ0) is 21.6. The van der Waals surface area contributed by atoms with Crippen LogP contribution >= 0.6 is 0 Å². The number of nitro groups is 1. The van der Waals surface area contributed by atoms with Gasteiger partial charge in [0.1, 0.15) is 10.6 Å². The molecule has 0 aliphatic carbocycles. The molecule has 0 aliphatic heterocycles. The van der Waals surface area contributed by atoms with Gasteiger partial charge in [-0.15, -0.1) is 0 Å². The quantitative estimate of drug-likeness (QED) is 0.381. The predicted octanol–water partition coefficient (Wildman–Crippen LogP) is 4.04. The highest BCUT2D eigenvalue weighted by molar-refractivity contribution is 7.89. The number of ether oxygens (including phenoxy) is 1. The van der Waals surface area contributed by atoms with Crippen molar-refractivity contribution in [2.75, 3.05) is 13.7 Å².